The molecule has 1 aromatic carbocycles. The van der Waals surface area contributed by atoms with Crippen LogP contribution in [0.5, 0.6) is 0 Å². The average molecular weight is 287 g/mol. The molecular formula is C20H33N. The fraction of sp³-hybridized carbons (Fsp3) is 0.700. The van der Waals surface area contributed by atoms with Crippen LogP contribution in [0.1, 0.15) is 76.8 Å². The highest BCUT2D eigenvalue weighted by atomic mass is 14.9. The van der Waals surface area contributed by atoms with Crippen molar-refractivity contribution in [3.63, 3.8) is 0 Å². The maximum Gasteiger partial charge on any atom is 0.0164 e. The Balaban J connectivity index is 2.12. The van der Waals surface area contributed by atoms with E-state index in [1.165, 1.54) is 49.7 Å². The molecule has 0 amide bonds. The van der Waals surface area contributed by atoms with Crippen molar-refractivity contribution in [2.24, 2.45) is 5.41 Å². The molecule has 1 aliphatic carbocycles. The highest BCUT2D eigenvalue weighted by molar-refractivity contribution is 5.25. The number of likely N-dealkylation sites (N-methyl/N-ethyl adjacent to an activating group) is 1. The van der Waals surface area contributed by atoms with E-state index < -0.39 is 0 Å². The van der Waals surface area contributed by atoms with E-state index in [1.54, 1.807) is 0 Å². The number of hydrogen-bond donors (Lipinski definition) is 1. The van der Waals surface area contributed by atoms with Gasteiger partial charge in [-0.25, -0.2) is 0 Å². The van der Waals surface area contributed by atoms with Gasteiger partial charge in [-0.15, -0.1) is 0 Å². The van der Waals surface area contributed by atoms with E-state index in [-0.39, 0.29) is 0 Å². The first-order valence-electron chi connectivity index (χ1n) is 8.93. The van der Waals surface area contributed by atoms with E-state index in [2.05, 4.69) is 57.3 Å². The number of nitrogens with one attached hydrogen (secondary N) is 1. The van der Waals surface area contributed by atoms with Crippen molar-refractivity contribution in [3.05, 3.63) is 35.4 Å². The van der Waals surface area contributed by atoms with Gasteiger partial charge in [0.1, 0.15) is 0 Å². The lowest BCUT2D eigenvalue weighted by atomic mass is 9.74. The fourth-order valence-corrected chi connectivity index (χ4v) is 4.05. The number of rotatable bonds is 7. The van der Waals surface area contributed by atoms with E-state index in [1.807, 2.05) is 0 Å². The Morgan fingerprint density at radius 1 is 1.05 bits per heavy atom. The second-order valence-electron chi connectivity index (χ2n) is 7.13. The Morgan fingerprint density at radius 3 is 2.14 bits per heavy atom. The van der Waals surface area contributed by atoms with E-state index in [0.717, 1.165) is 6.54 Å². The molecule has 0 saturated heterocycles. The van der Waals surface area contributed by atoms with Gasteiger partial charge < -0.3 is 5.32 Å². The van der Waals surface area contributed by atoms with Gasteiger partial charge in [0, 0.05) is 6.04 Å². The zero-order chi connectivity index (χ0) is 15.3. The van der Waals surface area contributed by atoms with Crippen LogP contribution < -0.4 is 5.32 Å². The normalized spacial score (nSPS) is 19.1. The smallest absolute Gasteiger partial charge is 0.0164 e. The van der Waals surface area contributed by atoms with Crippen LogP contribution in [0.3, 0.4) is 0 Å². The van der Waals surface area contributed by atoms with Gasteiger partial charge in [0.05, 0.1) is 0 Å². The van der Waals surface area contributed by atoms with Gasteiger partial charge in [-0.1, -0.05) is 64.8 Å². The molecule has 0 aromatic heterocycles. The molecule has 118 valence electrons. The van der Waals surface area contributed by atoms with Crippen LogP contribution in [0, 0.1) is 5.41 Å². The van der Waals surface area contributed by atoms with E-state index in [0.29, 0.717) is 17.4 Å². The summed E-state index contributed by atoms with van der Waals surface area (Å²) in [6, 6.07) is 9.96. The van der Waals surface area contributed by atoms with Crippen LogP contribution in [0.25, 0.3) is 0 Å². The molecule has 0 radical (unpaired) electrons. The molecule has 1 heteroatoms. The predicted molar refractivity (Wildman–Crippen MR) is 92.9 cm³/mol. The summed E-state index contributed by atoms with van der Waals surface area (Å²) in [6.07, 6.45) is 8.15. The van der Waals surface area contributed by atoms with Crippen LogP contribution in [-0.4, -0.2) is 12.6 Å². The van der Waals surface area contributed by atoms with Crippen molar-refractivity contribution in [2.45, 2.75) is 78.2 Å². The fourth-order valence-electron chi connectivity index (χ4n) is 4.05. The molecule has 1 unspecified atom stereocenters. The molecule has 1 atom stereocenters. The standard InChI is InChI=1S/C20H33N/c1-5-20(13-7-8-14-20)19(21-6-2)15-17-9-11-18(12-10-17)16(3)4/h9-12,16,19,21H,5-8,13-15H2,1-4H3. The van der Waals surface area contributed by atoms with Crippen LogP contribution in [0.15, 0.2) is 24.3 Å². The molecule has 0 spiro atoms. The lowest BCUT2D eigenvalue weighted by molar-refractivity contribution is 0.186. The minimum atomic E-state index is 0.534. The van der Waals surface area contributed by atoms with E-state index in [4.69, 9.17) is 0 Å². The second-order valence-corrected chi connectivity index (χ2v) is 7.13. The van der Waals surface area contributed by atoms with Crippen molar-refractivity contribution in [2.75, 3.05) is 6.54 Å². The first-order valence-corrected chi connectivity index (χ1v) is 8.93. The summed E-state index contributed by atoms with van der Waals surface area (Å²) in [5.41, 5.74) is 3.47. The molecule has 2 rings (SSSR count). The lowest BCUT2D eigenvalue weighted by Gasteiger charge is -2.38. The first-order chi connectivity index (χ1) is 10.1. The molecule has 0 bridgehead atoms. The topological polar surface area (TPSA) is 12.0 Å². The average Bonchev–Trinajstić information content (AvgIpc) is 2.97. The third kappa shape index (κ3) is 3.88. The van der Waals surface area contributed by atoms with E-state index in [9.17, 15) is 0 Å². The Bertz CT molecular complexity index is 412. The number of benzene rings is 1. The molecule has 1 aliphatic rings. The van der Waals surface area contributed by atoms with Crippen molar-refractivity contribution in [3.8, 4) is 0 Å². The Kier molecular flexibility index (Phi) is 5.87. The lowest BCUT2D eigenvalue weighted by Crippen LogP contribution is -2.45. The van der Waals surface area contributed by atoms with Gasteiger partial charge in [-0.3, -0.25) is 0 Å². The minimum Gasteiger partial charge on any atom is -0.313 e. The van der Waals surface area contributed by atoms with Crippen molar-refractivity contribution < 1.29 is 0 Å². The Morgan fingerprint density at radius 2 is 1.67 bits per heavy atom. The quantitative estimate of drug-likeness (QED) is 0.717. The predicted octanol–water partition coefficient (Wildman–Crippen LogP) is 5.30. The summed E-state index contributed by atoms with van der Waals surface area (Å²) < 4.78 is 0. The molecule has 0 aliphatic heterocycles. The number of hydrogen-bond acceptors (Lipinski definition) is 1. The summed E-state index contributed by atoms with van der Waals surface area (Å²) in [5, 5.41) is 3.80. The summed E-state index contributed by atoms with van der Waals surface area (Å²) >= 11 is 0. The van der Waals surface area contributed by atoms with Crippen LogP contribution >= 0.6 is 0 Å². The molecule has 1 fully saturated rings. The molecule has 1 nitrogen and oxygen atoms in total. The molecule has 1 N–H and O–H groups in total. The van der Waals surface area contributed by atoms with Gasteiger partial charge in [-0.05, 0) is 54.7 Å². The largest absolute Gasteiger partial charge is 0.313 e. The minimum absolute atomic E-state index is 0.534. The maximum absolute atomic E-state index is 3.80. The Labute approximate surface area is 131 Å². The van der Waals surface area contributed by atoms with Crippen molar-refractivity contribution >= 4 is 0 Å². The molecular weight excluding hydrogens is 254 g/mol. The summed E-state index contributed by atoms with van der Waals surface area (Å²) in [6.45, 7) is 10.2. The van der Waals surface area contributed by atoms with Crippen molar-refractivity contribution in [1.29, 1.82) is 0 Å². The SMILES string of the molecule is CCNC(Cc1ccc(C(C)C)cc1)C1(CC)CCCC1. The third-order valence-electron chi connectivity index (χ3n) is 5.58. The van der Waals surface area contributed by atoms with Gasteiger partial charge >= 0.3 is 0 Å². The molecule has 21 heavy (non-hydrogen) atoms. The summed E-state index contributed by atoms with van der Waals surface area (Å²) in [5.74, 6) is 0.625. The first kappa shape index (κ1) is 16.5. The second kappa shape index (κ2) is 7.45. The molecule has 1 saturated carbocycles. The van der Waals surface area contributed by atoms with Gasteiger partial charge in [0.15, 0.2) is 0 Å². The Hall–Kier alpha value is -0.820. The molecule has 1 aromatic rings. The monoisotopic (exact) mass is 287 g/mol. The third-order valence-corrected chi connectivity index (χ3v) is 5.58. The van der Waals surface area contributed by atoms with Crippen LogP contribution in [0.4, 0.5) is 0 Å². The summed E-state index contributed by atoms with van der Waals surface area (Å²) in [4.78, 5) is 0. The van der Waals surface area contributed by atoms with E-state index >= 15 is 0 Å². The zero-order valence-corrected chi connectivity index (χ0v) is 14.4. The zero-order valence-electron chi connectivity index (χ0n) is 14.4. The van der Waals surface area contributed by atoms with Gasteiger partial charge in [0.2, 0.25) is 0 Å². The van der Waals surface area contributed by atoms with Crippen LogP contribution in [-0.2, 0) is 6.42 Å². The maximum atomic E-state index is 3.80. The highest BCUT2D eigenvalue weighted by Gasteiger charge is 2.39. The summed E-state index contributed by atoms with van der Waals surface area (Å²) in [7, 11) is 0. The highest BCUT2D eigenvalue weighted by Crippen LogP contribution is 2.44. The molecule has 0 heterocycles. The van der Waals surface area contributed by atoms with Gasteiger partial charge in [0.25, 0.3) is 0 Å². The van der Waals surface area contributed by atoms with Gasteiger partial charge in [-0.2, -0.15) is 0 Å². The van der Waals surface area contributed by atoms with Crippen LogP contribution in [0.2, 0.25) is 0 Å². The van der Waals surface area contributed by atoms with Crippen molar-refractivity contribution in [1.82, 2.24) is 5.32 Å².